The van der Waals surface area contributed by atoms with Crippen molar-refractivity contribution in [1.29, 1.82) is 0 Å². The molecule has 5 heteroatoms. The third-order valence-electron chi connectivity index (χ3n) is 4.20. The fraction of sp³-hybridized carbons (Fsp3) is 0.200. The van der Waals surface area contributed by atoms with Gasteiger partial charge in [-0.05, 0) is 48.7 Å². The number of nitrogens with zero attached hydrogens (tertiary/aromatic N) is 1. The second kappa shape index (κ2) is 7.21. The van der Waals surface area contributed by atoms with Gasteiger partial charge in [-0.3, -0.25) is 9.59 Å². The number of hydrogen-bond acceptors (Lipinski definition) is 3. The molecule has 0 spiro atoms. The van der Waals surface area contributed by atoms with E-state index in [1.54, 1.807) is 36.3 Å². The smallest absolute Gasteiger partial charge is 0.254 e. The average molecular weight is 336 g/mol. The number of carbonyl (C=O) groups excluding carboxylic acids is 1. The van der Waals surface area contributed by atoms with Gasteiger partial charge in [0, 0.05) is 23.2 Å². The van der Waals surface area contributed by atoms with Gasteiger partial charge in [0.2, 0.25) is 0 Å². The van der Waals surface area contributed by atoms with Gasteiger partial charge in [-0.15, -0.1) is 0 Å². The largest absolute Gasteiger partial charge is 0.497 e. The summed E-state index contributed by atoms with van der Waals surface area (Å²) in [6.07, 6.45) is 0. The summed E-state index contributed by atoms with van der Waals surface area (Å²) < 4.78 is 5.12. The summed E-state index contributed by atoms with van der Waals surface area (Å²) >= 11 is 0. The van der Waals surface area contributed by atoms with E-state index in [9.17, 15) is 9.59 Å². The van der Waals surface area contributed by atoms with Gasteiger partial charge in [-0.25, -0.2) is 0 Å². The number of pyridine rings is 1. The summed E-state index contributed by atoms with van der Waals surface area (Å²) in [6.45, 7) is 2.68. The molecule has 0 radical (unpaired) electrons. The maximum Gasteiger partial charge on any atom is 0.254 e. The minimum Gasteiger partial charge on any atom is -0.497 e. The number of methoxy groups -OCH3 is 1. The van der Waals surface area contributed by atoms with E-state index in [0.29, 0.717) is 23.4 Å². The van der Waals surface area contributed by atoms with E-state index in [1.165, 1.54) is 0 Å². The standard InChI is InChI=1S/C20H20N2O3/c1-3-22(20(24)14-8-10-17(25-2)11-9-14)13-16-12-15-6-4-5-7-18(15)21-19(16)23/h4-12H,3,13H2,1-2H3,(H,21,23). The first kappa shape index (κ1) is 16.8. The number of rotatable bonds is 5. The molecule has 1 N–H and O–H groups in total. The number of amides is 1. The van der Waals surface area contributed by atoms with Gasteiger partial charge in [0.25, 0.3) is 11.5 Å². The highest BCUT2D eigenvalue weighted by Gasteiger charge is 2.16. The number of aromatic nitrogens is 1. The van der Waals surface area contributed by atoms with Gasteiger partial charge < -0.3 is 14.6 Å². The first-order valence-corrected chi connectivity index (χ1v) is 8.16. The predicted molar refractivity (Wildman–Crippen MR) is 98.0 cm³/mol. The molecule has 0 aliphatic heterocycles. The van der Waals surface area contributed by atoms with Crippen molar-refractivity contribution in [3.8, 4) is 5.75 Å². The molecule has 0 aliphatic carbocycles. The molecule has 128 valence electrons. The van der Waals surface area contributed by atoms with Crippen molar-refractivity contribution in [2.45, 2.75) is 13.5 Å². The molecule has 3 rings (SSSR count). The Morgan fingerprint density at radius 3 is 2.52 bits per heavy atom. The summed E-state index contributed by atoms with van der Waals surface area (Å²) in [5, 5.41) is 0.949. The maximum atomic E-state index is 12.7. The highest BCUT2D eigenvalue weighted by Crippen LogP contribution is 2.15. The molecule has 1 heterocycles. The Labute approximate surface area is 145 Å². The van der Waals surface area contributed by atoms with Crippen molar-refractivity contribution in [2.75, 3.05) is 13.7 Å². The van der Waals surface area contributed by atoms with Crippen LogP contribution in [-0.2, 0) is 6.54 Å². The fourth-order valence-electron chi connectivity index (χ4n) is 2.76. The van der Waals surface area contributed by atoms with Gasteiger partial charge >= 0.3 is 0 Å². The van der Waals surface area contributed by atoms with E-state index < -0.39 is 0 Å². The molecule has 0 saturated carbocycles. The van der Waals surface area contributed by atoms with Crippen LogP contribution in [0.4, 0.5) is 0 Å². The Balaban J connectivity index is 1.87. The van der Waals surface area contributed by atoms with Crippen LogP contribution in [0.5, 0.6) is 5.75 Å². The van der Waals surface area contributed by atoms with Crippen molar-refractivity contribution in [1.82, 2.24) is 9.88 Å². The Morgan fingerprint density at radius 1 is 1.12 bits per heavy atom. The summed E-state index contributed by atoms with van der Waals surface area (Å²) in [5.74, 6) is 0.586. The van der Waals surface area contributed by atoms with Gasteiger partial charge in [-0.1, -0.05) is 18.2 Å². The zero-order valence-electron chi connectivity index (χ0n) is 14.3. The van der Waals surface area contributed by atoms with E-state index in [2.05, 4.69) is 4.98 Å². The van der Waals surface area contributed by atoms with E-state index in [0.717, 1.165) is 10.9 Å². The topological polar surface area (TPSA) is 62.4 Å². The number of nitrogens with one attached hydrogen (secondary N) is 1. The lowest BCUT2D eigenvalue weighted by atomic mass is 10.1. The molecular formula is C20H20N2O3. The maximum absolute atomic E-state index is 12.7. The van der Waals surface area contributed by atoms with Crippen LogP contribution < -0.4 is 10.3 Å². The number of aromatic amines is 1. The lowest BCUT2D eigenvalue weighted by molar-refractivity contribution is 0.0752. The molecule has 3 aromatic rings. The van der Waals surface area contributed by atoms with Crippen molar-refractivity contribution >= 4 is 16.8 Å². The number of para-hydroxylation sites is 1. The number of fused-ring (bicyclic) bond motifs is 1. The Hall–Kier alpha value is -3.08. The lowest BCUT2D eigenvalue weighted by Gasteiger charge is -2.21. The van der Waals surface area contributed by atoms with Crippen molar-refractivity contribution in [3.63, 3.8) is 0 Å². The highest BCUT2D eigenvalue weighted by molar-refractivity contribution is 5.94. The van der Waals surface area contributed by atoms with Crippen molar-refractivity contribution in [3.05, 3.63) is 76.1 Å². The van der Waals surface area contributed by atoms with E-state index in [1.807, 2.05) is 37.3 Å². The first-order chi connectivity index (χ1) is 12.1. The first-order valence-electron chi connectivity index (χ1n) is 8.16. The minimum absolute atomic E-state index is 0.113. The molecule has 5 nitrogen and oxygen atoms in total. The molecule has 0 atom stereocenters. The Morgan fingerprint density at radius 2 is 1.84 bits per heavy atom. The van der Waals surface area contributed by atoms with Crippen molar-refractivity contribution in [2.24, 2.45) is 0 Å². The third kappa shape index (κ3) is 3.55. The predicted octanol–water partition coefficient (Wildman–Crippen LogP) is 3.20. The highest BCUT2D eigenvalue weighted by atomic mass is 16.5. The van der Waals surface area contributed by atoms with E-state index >= 15 is 0 Å². The van der Waals surface area contributed by atoms with Crippen LogP contribution in [0.1, 0.15) is 22.8 Å². The minimum atomic E-state index is -0.167. The molecule has 0 fully saturated rings. The average Bonchev–Trinajstić information content (AvgIpc) is 2.65. The van der Waals surface area contributed by atoms with Gasteiger partial charge in [0.1, 0.15) is 5.75 Å². The van der Waals surface area contributed by atoms with Crippen LogP contribution in [0.25, 0.3) is 10.9 Å². The molecule has 25 heavy (non-hydrogen) atoms. The quantitative estimate of drug-likeness (QED) is 0.778. The second-order valence-electron chi connectivity index (χ2n) is 5.76. The van der Waals surface area contributed by atoms with Crippen LogP contribution in [0.3, 0.4) is 0 Å². The SMILES string of the molecule is CCN(Cc1cc2ccccc2[nH]c1=O)C(=O)c1ccc(OC)cc1. The summed E-state index contributed by atoms with van der Waals surface area (Å²) in [5.41, 5.74) is 1.77. The van der Waals surface area contributed by atoms with Gasteiger partial charge in [0.15, 0.2) is 0 Å². The second-order valence-corrected chi connectivity index (χ2v) is 5.76. The molecule has 1 amide bonds. The van der Waals surface area contributed by atoms with Gasteiger partial charge in [-0.2, -0.15) is 0 Å². The third-order valence-corrected chi connectivity index (χ3v) is 4.20. The lowest BCUT2D eigenvalue weighted by Crippen LogP contribution is -2.32. The Kier molecular flexibility index (Phi) is 4.84. The summed E-state index contributed by atoms with van der Waals surface area (Å²) in [7, 11) is 1.58. The van der Waals surface area contributed by atoms with Crippen molar-refractivity contribution < 1.29 is 9.53 Å². The number of ether oxygens (including phenoxy) is 1. The molecule has 2 aromatic carbocycles. The number of benzene rings is 2. The number of H-pyrrole nitrogens is 1. The van der Waals surface area contributed by atoms with Crippen LogP contribution in [-0.4, -0.2) is 29.4 Å². The molecule has 0 saturated heterocycles. The van der Waals surface area contributed by atoms with E-state index in [-0.39, 0.29) is 18.0 Å². The molecule has 1 aromatic heterocycles. The fourth-order valence-corrected chi connectivity index (χ4v) is 2.76. The van der Waals surface area contributed by atoms with E-state index in [4.69, 9.17) is 4.74 Å². The molecule has 0 unspecified atom stereocenters. The molecular weight excluding hydrogens is 316 g/mol. The van der Waals surface area contributed by atoms with Crippen LogP contribution in [0.15, 0.2) is 59.4 Å². The zero-order chi connectivity index (χ0) is 17.8. The van der Waals surface area contributed by atoms with Crippen LogP contribution in [0, 0.1) is 0 Å². The van der Waals surface area contributed by atoms with Crippen LogP contribution in [0.2, 0.25) is 0 Å². The molecule has 0 aliphatic rings. The van der Waals surface area contributed by atoms with Gasteiger partial charge in [0.05, 0.1) is 13.7 Å². The summed E-state index contributed by atoms with van der Waals surface area (Å²) in [4.78, 5) is 29.6. The zero-order valence-corrected chi connectivity index (χ0v) is 14.3. The van der Waals surface area contributed by atoms with Crippen LogP contribution >= 0.6 is 0 Å². The Bertz CT molecular complexity index is 945. The molecule has 0 bridgehead atoms. The summed E-state index contributed by atoms with van der Waals surface area (Å²) in [6, 6.07) is 16.4. The monoisotopic (exact) mass is 336 g/mol. The number of hydrogen-bond donors (Lipinski definition) is 1. The normalized spacial score (nSPS) is 10.6. The number of carbonyl (C=O) groups is 1.